The summed E-state index contributed by atoms with van der Waals surface area (Å²) in [6.07, 6.45) is 0.827. The van der Waals surface area contributed by atoms with E-state index in [4.69, 9.17) is 0 Å². The van der Waals surface area contributed by atoms with E-state index in [1.165, 1.54) is 10.5 Å². The van der Waals surface area contributed by atoms with Crippen LogP contribution in [0.2, 0.25) is 0 Å². The molecule has 0 aliphatic rings. The van der Waals surface area contributed by atoms with Crippen LogP contribution in [0, 0.1) is 6.92 Å². The molecular weight excluding hydrogens is 495 g/mol. The molecule has 0 fully saturated rings. The molecule has 158 valence electrons. The molecule has 0 aromatic heterocycles. The fourth-order valence-electron chi connectivity index (χ4n) is 2.64. The van der Waals surface area contributed by atoms with Crippen molar-refractivity contribution in [3.05, 3.63) is 65.2 Å². The molecule has 1 amide bonds. The van der Waals surface area contributed by atoms with Gasteiger partial charge in [0.05, 0.1) is 0 Å². The van der Waals surface area contributed by atoms with Crippen LogP contribution in [-0.2, 0) is 6.42 Å². The second kappa shape index (κ2) is 13.5. The van der Waals surface area contributed by atoms with Crippen molar-refractivity contribution >= 4 is 47.6 Å². The number of thioether (sulfide) groups is 1. The van der Waals surface area contributed by atoms with Crippen molar-refractivity contribution in [2.24, 2.45) is 4.99 Å². The molecular formula is C22H31IN4OS. The van der Waals surface area contributed by atoms with Gasteiger partial charge in [-0.25, -0.2) is 0 Å². The standard InChI is InChI=1S/C22H30N4OS.HI/c1-17-8-10-20(11-9-17)28-15-14-25-22(23-2)24-13-12-18-6-5-7-19(16-18)21(27)26(3)4;/h5-11,16H,12-15H2,1-4H3,(H2,23,24,25);1H. The van der Waals surface area contributed by atoms with Crippen LogP contribution in [0.15, 0.2) is 58.4 Å². The van der Waals surface area contributed by atoms with Crippen LogP contribution < -0.4 is 10.6 Å². The lowest BCUT2D eigenvalue weighted by Gasteiger charge is -2.13. The predicted molar refractivity (Wildman–Crippen MR) is 135 cm³/mol. The number of amides is 1. The largest absolute Gasteiger partial charge is 0.356 e. The highest BCUT2D eigenvalue weighted by Crippen LogP contribution is 2.17. The number of nitrogens with one attached hydrogen (secondary N) is 2. The first-order valence-corrected chi connectivity index (χ1v) is 10.4. The Hall–Kier alpha value is -1.74. The van der Waals surface area contributed by atoms with Crippen LogP contribution in [0.5, 0.6) is 0 Å². The summed E-state index contributed by atoms with van der Waals surface area (Å²) in [5.41, 5.74) is 3.13. The maximum absolute atomic E-state index is 12.1. The molecule has 0 aliphatic heterocycles. The Bertz CT molecular complexity index is 794. The van der Waals surface area contributed by atoms with Gasteiger partial charge in [-0.05, 0) is 43.2 Å². The number of nitrogens with zero attached hydrogens (tertiary/aromatic N) is 2. The lowest BCUT2D eigenvalue weighted by Crippen LogP contribution is -2.39. The van der Waals surface area contributed by atoms with E-state index in [1.807, 2.05) is 36.0 Å². The Morgan fingerprint density at radius 3 is 2.41 bits per heavy atom. The van der Waals surface area contributed by atoms with Crippen LogP contribution in [-0.4, -0.2) is 56.8 Å². The number of halogens is 1. The molecule has 0 heterocycles. The average molecular weight is 526 g/mol. The van der Waals surface area contributed by atoms with Crippen molar-refractivity contribution in [2.45, 2.75) is 18.2 Å². The second-order valence-electron chi connectivity index (χ2n) is 6.74. The van der Waals surface area contributed by atoms with Crippen LogP contribution in [0.1, 0.15) is 21.5 Å². The number of carbonyl (C=O) groups excluding carboxylic acids is 1. The molecule has 0 radical (unpaired) electrons. The molecule has 7 heteroatoms. The number of guanidine groups is 1. The molecule has 0 saturated carbocycles. The van der Waals surface area contributed by atoms with E-state index in [0.29, 0.717) is 0 Å². The summed E-state index contributed by atoms with van der Waals surface area (Å²) in [6.45, 7) is 3.69. The van der Waals surface area contributed by atoms with Crippen molar-refractivity contribution in [2.75, 3.05) is 40.0 Å². The van der Waals surface area contributed by atoms with Gasteiger partial charge >= 0.3 is 0 Å². The number of carbonyl (C=O) groups is 1. The lowest BCUT2D eigenvalue weighted by atomic mass is 10.1. The van der Waals surface area contributed by atoms with Gasteiger partial charge in [0.25, 0.3) is 5.91 Å². The van der Waals surface area contributed by atoms with E-state index >= 15 is 0 Å². The van der Waals surface area contributed by atoms with Gasteiger partial charge in [0.2, 0.25) is 0 Å². The van der Waals surface area contributed by atoms with E-state index in [0.717, 1.165) is 42.3 Å². The van der Waals surface area contributed by atoms with Crippen LogP contribution >= 0.6 is 35.7 Å². The topological polar surface area (TPSA) is 56.7 Å². The molecule has 5 nitrogen and oxygen atoms in total. The number of rotatable bonds is 8. The zero-order valence-electron chi connectivity index (χ0n) is 17.6. The molecule has 0 saturated heterocycles. The van der Waals surface area contributed by atoms with Crippen LogP contribution in [0.4, 0.5) is 0 Å². The number of aryl methyl sites for hydroxylation is 1. The van der Waals surface area contributed by atoms with Gasteiger partial charge in [0.1, 0.15) is 0 Å². The molecule has 0 atom stereocenters. The molecule has 0 bridgehead atoms. The SMILES string of the molecule is CN=C(NCCSc1ccc(C)cc1)NCCc1cccc(C(=O)N(C)C)c1.I. The zero-order valence-corrected chi connectivity index (χ0v) is 20.7. The first-order chi connectivity index (χ1) is 13.5. The van der Waals surface area contributed by atoms with E-state index in [-0.39, 0.29) is 29.9 Å². The number of hydrogen-bond donors (Lipinski definition) is 2. The monoisotopic (exact) mass is 526 g/mol. The van der Waals surface area contributed by atoms with E-state index in [9.17, 15) is 4.79 Å². The molecule has 0 aliphatic carbocycles. The summed E-state index contributed by atoms with van der Waals surface area (Å²) in [5.74, 6) is 1.79. The van der Waals surface area contributed by atoms with Crippen molar-refractivity contribution < 1.29 is 4.79 Å². The van der Waals surface area contributed by atoms with Gasteiger partial charge < -0.3 is 15.5 Å². The summed E-state index contributed by atoms with van der Waals surface area (Å²) in [6, 6.07) is 16.4. The van der Waals surface area contributed by atoms with E-state index in [1.54, 1.807) is 26.0 Å². The molecule has 2 aromatic rings. The minimum Gasteiger partial charge on any atom is -0.356 e. The number of benzene rings is 2. The Morgan fingerprint density at radius 2 is 1.76 bits per heavy atom. The minimum atomic E-state index is 0. The van der Waals surface area contributed by atoms with Crippen molar-refractivity contribution in [1.82, 2.24) is 15.5 Å². The smallest absolute Gasteiger partial charge is 0.253 e. The fourth-order valence-corrected chi connectivity index (χ4v) is 3.41. The third kappa shape index (κ3) is 9.08. The zero-order chi connectivity index (χ0) is 20.4. The predicted octanol–water partition coefficient (Wildman–Crippen LogP) is 3.81. The Morgan fingerprint density at radius 1 is 1.07 bits per heavy atom. The molecule has 0 spiro atoms. The van der Waals surface area contributed by atoms with Gasteiger partial charge in [0.15, 0.2) is 5.96 Å². The quantitative estimate of drug-likeness (QED) is 0.181. The summed E-state index contributed by atoms with van der Waals surface area (Å²) >= 11 is 1.83. The first-order valence-electron chi connectivity index (χ1n) is 9.44. The summed E-state index contributed by atoms with van der Waals surface area (Å²) in [7, 11) is 5.31. The van der Waals surface area contributed by atoms with Crippen molar-refractivity contribution in [3.63, 3.8) is 0 Å². The number of aliphatic imine (C=N–C) groups is 1. The van der Waals surface area contributed by atoms with Crippen LogP contribution in [0.25, 0.3) is 0 Å². The van der Waals surface area contributed by atoms with Gasteiger partial charge in [0, 0.05) is 50.4 Å². The summed E-state index contributed by atoms with van der Waals surface area (Å²) in [5, 5.41) is 6.67. The Kier molecular flexibility index (Phi) is 11.8. The van der Waals surface area contributed by atoms with Crippen molar-refractivity contribution in [1.29, 1.82) is 0 Å². The second-order valence-corrected chi connectivity index (χ2v) is 7.91. The average Bonchev–Trinajstić information content (AvgIpc) is 2.70. The molecule has 29 heavy (non-hydrogen) atoms. The van der Waals surface area contributed by atoms with Gasteiger partial charge in [-0.2, -0.15) is 0 Å². The third-order valence-electron chi connectivity index (χ3n) is 4.19. The number of hydrogen-bond acceptors (Lipinski definition) is 3. The summed E-state index contributed by atoms with van der Waals surface area (Å²) < 4.78 is 0. The van der Waals surface area contributed by atoms with E-state index < -0.39 is 0 Å². The minimum absolute atomic E-state index is 0. The molecule has 0 unspecified atom stereocenters. The molecule has 2 N–H and O–H groups in total. The normalized spacial score (nSPS) is 10.8. The maximum atomic E-state index is 12.1. The fraction of sp³-hybridized carbons (Fsp3) is 0.364. The Labute approximate surface area is 195 Å². The highest BCUT2D eigenvalue weighted by atomic mass is 127. The van der Waals surface area contributed by atoms with Crippen molar-refractivity contribution in [3.8, 4) is 0 Å². The van der Waals surface area contributed by atoms with Gasteiger partial charge in [-0.1, -0.05) is 29.8 Å². The maximum Gasteiger partial charge on any atom is 0.253 e. The third-order valence-corrected chi connectivity index (χ3v) is 5.21. The van der Waals surface area contributed by atoms with Gasteiger partial charge in [-0.3, -0.25) is 9.79 Å². The highest BCUT2D eigenvalue weighted by Gasteiger charge is 2.08. The van der Waals surface area contributed by atoms with Crippen LogP contribution in [0.3, 0.4) is 0 Å². The highest BCUT2D eigenvalue weighted by molar-refractivity contribution is 14.0. The molecule has 2 rings (SSSR count). The van der Waals surface area contributed by atoms with E-state index in [2.05, 4.69) is 46.8 Å². The lowest BCUT2D eigenvalue weighted by molar-refractivity contribution is 0.0827. The van der Waals surface area contributed by atoms with Gasteiger partial charge in [-0.15, -0.1) is 35.7 Å². The molecule has 2 aromatic carbocycles. The summed E-state index contributed by atoms with van der Waals surface area (Å²) in [4.78, 5) is 19.2. The first kappa shape index (κ1) is 25.3. The Balaban J connectivity index is 0.00000420.